The summed E-state index contributed by atoms with van der Waals surface area (Å²) in [5.74, 6) is -1.41. The van der Waals surface area contributed by atoms with Crippen LogP contribution in [0.2, 0.25) is 0 Å². The first-order chi connectivity index (χ1) is 9.06. The van der Waals surface area contributed by atoms with Crippen LogP contribution in [0.5, 0.6) is 0 Å². The fourth-order valence-electron chi connectivity index (χ4n) is 2.18. The van der Waals surface area contributed by atoms with Gasteiger partial charge in [-0.15, -0.1) is 24.0 Å². The molecule has 0 bridgehead atoms. The Morgan fingerprint density at radius 1 is 1.30 bits per heavy atom. The molecular formula is C13H17BrF2IN3. The molecule has 20 heavy (non-hydrogen) atoms. The second-order valence-corrected chi connectivity index (χ2v) is 5.54. The zero-order valence-corrected chi connectivity index (χ0v) is 14.8. The maximum absolute atomic E-state index is 13.1. The standard InChI is InChI=1S/C13H16BrF2N3.HI/c14-10-6-12(16)11(15)5-8(10)7-18-13(17)19-9-3-1-2-4-9;/h5-6,9H,1-4,7H2,(H3,17,18,19);1H. The summed E-state index contributed by atoms with van der Waals surface area (Å²) in [6, 6.07) is 2.61. The van der Waals surface area contributed by atoms with Crippen LogP contribution in [0.25, 0.3) is 0 Å². The summed E-state index contributed by atoms with van der Waals surface area (Å²) in [5.41, 5.74) is 6.34. The normalized spacial score (nSPS) is 16.1. The van der Waals surface area contributed by atoms with Crippen molar-refractivity contribution in [3.63, 3.8) is 0 Å². The topological polar surface area (TPSA) is 50.4 Å². The average Bonchev–Trinajstić information content (AvgIpc) is 2.85. The van der Waals surface area contributed by atoms with E-state index >= 15 is 0 Å². The molecule has 3 nitrogen and oxygen atoms in total. The summed E-state index contributed by atoms with van der Waals surface area (Å²) in [6.07, 6.45) is 4.62. The molecule has 112 valence electrons. The highest BCUT2D eigenvalue weighted by Gasteiger charge is 2.15. The number of nitrogens with two attached hydrogens (primary N) is 1. The molecular weight excluding hydrogens is 443 g/mol. The van der Waals surface area contributed by atoms with Crippen molar-refractivity contribution < 1.29 is 8.78 Å². The zero-order chi connectivity index (χ0) is 13.8. The quantitative estimate of drug-likeness (QED) is 0.313. The largest absolute Gasteiger partial charge is 0.370 e. The van der Waals surface area contributed by atoms with Crippen molar-refractivity contribution >= 4 is 45.9 Å². The molecule has 0 amide bonds. The van der Waals surface area contributed by atoms with E-state index in [2.05, 4.69) is 26.2 Å². The van der Waals surface area contributed by atoms with Crippen LogP contribution >= 0.6 is 39.9 Å². The van der Waals surface area contributed by atoms with Crippen LogP contribution in [0.3, 0.4) is 0 Å². The van der Waals surface area contributed by atoms with Crippen molar-refractivity contribution in [3.8, 4) is 0 Å². The molecule has 0 saturated heterocycles. The lowest BCUT2D eigenvalue weighted by Crippen LogP contribution is -2.38. The SMILES string of the molecule is I.NC(=NCc1cc(F)c(F)cc1Br)NC1CCCC1. The summed E-state index contributed by atoms with van der Waals surface area (Å²) >= 11 is 3.18. The molecule has 0 aromatic heterocycles. The van der Waals surface area contributed by atoms with Crippen molar-refractivity contribution in [2.24, 2.45) is 10.7 Å². The number of guanidine groups is 1. The molecule has 0 radical (unpaired) electrons. The molecule has 1 aliphatic carbocycles. The van der Waals surface area contributed by atoms with Crippen LogP contribution in [-0.4, -0.2) is 12.0 Å². The highest BCUT2D eigenvalue weighted by atomic mass is 127. The maximum atomic E-state index is 13.1. The summed E-state index contributed by atoms with van der Waals surface area (Å²) in [6.45, 7) is 0.212. The minimum absolute atomic E-state index is 0. The molecule has 1 aromatic carbocycles. The van der Waals surface area contributed by atoms with Gasteiger partial charge in [-0.2, -0.15) is 0 Å². The Bertz CT molecular complexity index is 491. The summed E-state index contributed by atoms with van der Waals surface area (Å²) < 4.78 is 26.6. The molecule has 7 heteroatoms. The number of halogens is 4. The van der Waals surface area contributed by atoms with E-state index in [1.165, 1.54) is 12.8 Å². The zero-order valence-electron chi connectivity index (χ0n) is 10.8. The van der Waals surface area contributed by atoms with Gasteiger partial charge in [-0.1, -0.05) is 28.8 Å². The third-order valence-electron chi connectivity index (χ3n) is 3.22. The molecule has 1 saturated carbocycles. The molecule has 0 unspecified atom stereocenters. The first kappa shape index (κ1) is 17.6. The smallest absolute Gasteiger partial charge is 0.189 e. The number of aliphatic imine (C=N–C) groups is 1. The first-order valence-corrected chi connectivity index (χ1v) is 7.05. The monoisotopic (exact) mass is 459 g/mol. The molecule has 1 aromatic rings. The van der Waals surface area contributed by atoms with Gasteiger partial charge in [0.15, 0.2) is 17.6 Å². The van der Waals surface area contributed by atoms with Gasteiger partial charge in [0.25, 0.3) is 0 Å². The Labute approximate surface area is 142 Å². The summed E-state index contributed by atoms with van der Waals surface area (Å²) in [5, 5.41) is 3.14. The van der Waals surface area contributed by atoms with E-state index in [0.29, 0.717) is 22.0 Å². The number of benzene rings is 1. The van der Waals surface area contributed by atoms with Gasteiger partial charge in [-0.3, -0.25) is 0 Å². The maximum Gasteiger partial charge on any atom is 0.189 e. The molecule has 1 fully saturated rings. The number of rotatable bonds is 3. The van der Waals surface area contributed by atoms with Crippen LogP contribution in [0.1, 0.15) is 31.2 Å². The lowest BCUT2D eigenvalue weighted by molar-refractivity contribution is 0.506. The Morgan fingerprint density at radius 3 is 2.55 bits per heavy atom. The Kier molecular flexibility index (Phi) is 7.14. The lowest BCUT2D eigenvalue weighted by atomic mass is 10.2. The van der Waals surface area contributed by atoms with Gasteiger partial charge in [0.05, 0.1) is 6.54 Å². The Hall–Kier alpha value is -0.440. The minimum atomic E-state index is -0.879. The average molecular weight is 460 g/mol. The molecule has 0 aliphatic heterocycles. The predicted molar refractivity (Wildman–Crippen MR) is 90.2 cm³/mol. The number of nitrogens with one attached hydrogen (secondary N) is 1. The van der Waals surface area contributed by atoms with Crippen molar-refractivity contribution in [1.82, 2.24) is 5.32 Å². The number of nitrogens with zero attached hydrogens (tertiary/aromatic N) is 1. The van der Waals surface area contributed by atoms with Crippen molar-refractivity contribution in [1.29, 1.82) is 0 Å². The summed E-state index contributed by atoms with van der Waals surface area (Å²) in [4.78, 5) is 4.15. The van der Waals surface area contributed by atoms with Crippen LogP contribution in [0.4, 0.5) is 8.78 Å². The van der Waals surface area contributed by atoms with Gasteiger partial charge in [-0.25, -0.2) is 13.8 Å². The van der Waals surface area contributed by atoms with Gasteiger partial charge in [-0.05, 0) is 30.5 Å². The number of hydrogen-bond acceptors (Lipinski definition) is 1. The summed E-state index contributed by atoms with van der Waals surface area (Å²) in [7, 11) is 0. The Morgan fingerprint density at radius 2 is 1.90 bits per heavy atom. The van der Waals surface area contributed by atoms with Gasteiger partial charge in [0, 0.05) is 10.5 Å². The fraction of sp³-hybridized carbons (Fsp3) is 0.462. The van der Waals surface area contributed by atoms with Crippen molar-refractivity contribution in [2.75, 3.05) is 0 Å². The fourth-order valence-corrected chi connectivity index (χ4v) is 2.62. The van der Waals surface area contributed by atoms with E-state index in [1.807, 2.05) is 0 Å². The Balaban J connectivity index is 0.00000200. The van der Waals surface area contributed by atoms with Crippen LogP contribution in [0, 0.1) is 11.6 Å². The van der Waals surface area contributed by atoms with E-state index in [0.717, 1.165) is 25.0 Å². The molecule has 0 atom stereocenters. The van der Waals surface area contributed by atoms with E-state index < -0.39 is 11.6 Å². The van der Waals surface area contributed by atoms with Gasteiger partial charge in [0.2, 0.25) is 0 Å². The van der Waals surface area contributed by atoms with E-state index in [9.17, 15) is 8.78 Å². The second kappa shape index (κ2) is 8.11. The van der Waals surface area contributed by atoms with Gasteiger partial charge >= 0.3 is 0 Å². The molecule has 3 N–H and O–H groups in total. The lowest BCUT2D eigenvalue weighted by Gasteiger charge is -2.12. The third kappa shape index (κ3) is 4.83. The number of hydrogen-bond donors (Lipinski definition) is 2. The van der Waals surface area contributed by atoms with Crippen LogP contribution < -0.4 is 11.1 Å². The van der Waals surface area contributed by atoms with Crippen LogP contribution in [0.15, 0.2) is 21.6 Å². The highest BCUT2D eigenvalue weighted by molar-refractivity contribution is 14.0. The predicted octanol–water partition coefficient (Wildman–Crippen LogP) is 3.69. The van der Waals surface area contributed by atoms with Gasteiger partial charge in [0.1, 0.15) is 0 Å². The molecule has 2 rings (SSSR count). The molecule has 0 heterocycles. The highest BCUT2D eigenvalue weighted by Crippen LogP contribution is 2.21. The van der Waals surface area contributed by atoms with Crippen molar-refractivity contribution in [2.45, 2.75) is 38.3 Å². The second-order valence-electron chi connectivity index (χ2n) is 4.68. The van der Waals surface area contributed by atoms with E-state index in [1.54, 1.807) is 0 Å². The van der Waals surface area contributed by atoms with E-state index in [-0.39, 0.29) is 30.5 Å². The third-order valence-corrected chi connectivity index (χ3v) is 3.95. The minimum Gasteiger partial charge on any atom is -0.370 e. The molecule has 1 aliphatic rings. The van der Waals surface area contributed by atoms with Crippen molar-refractivity contribution in [3.05, 3.63) is 33.8 Å². The van der Waals surface area contributed by atoms with Gasteiger partial charge < -0.3 is 11.1 Å². The van der Waals surface area contributed by atoms with E-state index in [4.69, 9.17) is 5.73 Å². The molecule has 0 spiro atoms. The van der Waals surface area contributed by atoms with Crippen LogP contribution in [-0.2, 0) is 6.54 Å². The first-order valence-electron chi connectivity index (χ1n) is 6.26.